The average molecular weight is 103 g/mol. The number of hydrogen-bond donors (Lipinski definition) is 1. The van der Waals surface area contributed by atoms with Crippen LogP contribution in [0.15, 0.2) is 0 Å². The highest BCUT2D eigenvalue weighted by atomic mass is 16.5. The standard InChI is InChI=1S/C5H13NO/c1-5(2,4-6)7-3/h4,6H2,1-3H3. The SMILES string of the molecule is COC(C)(C)CN. The van der Waals surface area contributed by atoms with E-state index in [1.54, 1.807) is 7.11 Å². The highest BCUT2D eigenvalue weighted by Crippen LogP contribution is 2.01. The molecule has 0 saturated carbocycles. The smallest absolute Gasteiger partial charge is 0.0744 e. The van der Waals surface area contributed by atoms with E-state index < -0.39 is 0 Å². The first-order valence-corrected chi connectivity index (χ1v) is 2.37. The Morgan fingerprint density at radius 2 is 2.00 bits per heavy atom. The van der Waals surface area contributed by atoms with Crippen molar-refractivity contribution in [2.45, 2.75) is 19.4 Å². The second-order valence-corrected chi connectivity index (χ2v) is 2.17. The largest absolute Gasteiger partial charge is 0.378 e. The Balaban J connectivity index is 3.36. The van der Waals surface area contributed by atoms with E-state index in [9.17, 15) is 0 Å². The first-order valence-electron chi connectivity index (χ1n) is 2.37. The van der Waals surface area contributed by atoms with Crippen LogP contribution < -0.4 is 5.73 Å². The molecule has 0 unspecified atom stereocenters. The molecule has 0 fully saturated rings. The second kappa shape index (κ2) is 2.28. The van der Waals surface area contributed by atoms with Crippen LogP contribution in [0.25, 0.3) is 0 Å². The van der Waals surface area contributed by atoms with E-state index in [2.05, 4.69) is 0 Å². The van der Waals surface area contributed by atoms with Crippen molar-refractivity contribution >= 4 is 0 Å². The van der Waals surface area contributed by atoms with E-state index in [-0.39, 0.29) is 5.60 Å². The summed E-state index contributed by atoms with van der Waals surface area (Å²) < 4.78 is 4.96. The molecule has 0 aromatic rings. The van der Waals surface area contributed by atoms with E-state index in [4.69, 9.17) is 10.5 Å². The summed E-state index contributed by atoms with van der Waals surface area (Å²) in [5, 5.41) is 0. The van der Waals surface area contributed by atoms with Crippen LogP contribution in [-0.4, -0.2) is 19.3 Å². The monoisotopic (exact) mass is 103 g/mol. The number of nitrogens with two attached hydrogens (primary N) is 1. The molecule has 0 atom stereocenters. The third kappa shape index (κ3) is 2.60. The molecule has 2 heteroatoms. The highest BCUT2D eigenvalue weighted by Gasteiger charge is 2.11. The van der Waals surface area contributed by atoms with Gasteiger partial charge in [-0.25, -0.2) is 0 Å². The van der Waals surface area contributed by atoms with Crippen LogP contribution in [0.2, 0.25) is 0 Å². The molecule has 0 bridgehead atoms. The zero-order valence-corrected chi connectivity index (χ0v) is 5.19. The first-order chi connectivity index (χ1) is 3.12. The van der Waals surface area contributed by atoms with Crippen molar-refractivity contribution in [2.24, 2.45) is 5.73 Å². The predicted octanol–water partition coefficient (Wildman–Crippen LogP) is 0.370. The molecule has 0 aliphatic heterocycles. The van der Waals surface area contributed by atoms with Gasteiger partial charge in [0.2, 0.25) is 0 Å². The predicted molar refractivity (Wildman–Crippen MR) is 30.1 cm³/mol. The molecule has 0 heterocycles. The van der Waals surface area contributed by atoms with Crippen LogP contribution in [0.5, 0.6) is 0 Å². The zero-order valence-electron chi connectivity index (χ0n) is 5.19. The van der Waals surface area contributed by atoms with Gasteiger partial charge in [-0.2, -0.15) is 0 Å². The molecule has 7 heavy (non-hydrogen) atoms. The fourth-order valence-corrected chi connectivity index (χ4v) is 0.0833. The van der Waals surface area contributed by atoms with Gasteiger partial charge in [0, 0.05) is 13.7 Å². The molecule has 0 rings (SSSR count). The Morgan fingerprint density at radius 3 is 2.00 bits per heavy atom. The van der Waals surface area contributed by atoms with Crippen LogP contribution in [0.3, 0.4) is 0 Å². The summed E-state index contributed by atoms with van der Waals surface area (Å²) in [5.74, 6) is 0. The van der Waals surface area contributed by atoms with Gasteiger partial charge in [0.15, 0.2) is 0 Å². The molecule has 0 radical (unpaired) electrons. The van der Waals surface area contributed by atoms with Gasteiger partial charge in [-0.1, -0.05) is 0 Å². The van der Waals surface area contributed by atoms with E-state index in [1.807, 2.05) is 13.8 Å². The summed E-state index contributed by atoms with van der Waals surface area (Å²) in [7, 11) is 1.66. The summed E-state index contributed by atoms with van der Waals surface area (Å²) in [6, 6.07) is 0. The number of hydrogen-bond acceptors (Lipinski definition) is 2. The summed E-state index contributed by atoms with van der Waals surface area (Å²) in [4.78, 5) is 0. The molecular weight excluding hydrogens is 90.1 g/mol. The number of methoxy groups -OCH3 is 1. The third-order valence-electron chi connectivity index (χ3n) is 1.04. The molecule has 0 saturated heterocycles. The van der Waals surface area contributed by atoms with Gasteiger partial charge in [-0.05, 0) is 13.8 Å². The van der Waals surface area contributed by atoms with Gasteiger partial charge in [-0.15, -0.1) is 0 Å². The molecule has 2 nitrogen and oxygen atoms in total. The molecular formula is C5H13NO. The lowest BCUT2D eigenvalue weighted by Crippen LogP contribution is -2.32. The molecule has 0 amide bonds. The summed E-state index contributed by atoms with van der Waals surface area (Å²) >= 11 is 0. The van der Waals surface area contributed by atoms with Crippen molar-refractivity contribution in [1.29, 1.82) is 0 Å². The number of rotatable bonds is 2. The molecule has 0 aliphatic carbocycles. The Labute approximate surface area is 44.7 Å². The maximum absolute atomic E-state index is 5.29. The third-order valence-corrected chi connectivity index (χ3v) is 1.04. The second-order valence-electron chi connectivity index (χ2n) is 2.17. The van der Waals surface area contributed by atoms with Gasteiger partial charge in [0.1, 0.15) is 0 Å². The van der Waals surface area contributed by atoms with E-state index in [1.165, 1.54) is 0 Å². The Bertz CT molecular complexity index is 46.0. The average Bonchev–Trinajstić information content (AvgIpc) is 1.68. The van der Waals surface area contributed by atoms with Crippen LogP contribution in [0.4, 0.5) is 0 Å². The van der Waals surface area contributed by atoms with Gasteiger partial charge in [0.25, 0.3) is 0 Å². The topological polar surface area (TPSA) is 35.2 Å². The molecule has 0 aromatic carbocycles. The Hall–Kier alpha value is -0.0800. The quantitative estimate of drug-likeness (QED) is 0.548. The van der Waals surface area contributed by atoms with Crippen molar-refractivity contribution in [3.63, 3.8) is 0 Å². The van der Waals surface area contributed by atoms with Crippen LogP contribution in [0.1, 0.15) is 13.8 Å². The molecule has 44 valence electrons. The lowest BCUT2D eigenvalue weighted by atomic mass is 10.1. The van der Waals surface area contributed by atoms with Crippen molar-refractivity contribution in [1.82, 2.24) is 0 Å². The fourth-order valence-electron chi connectivity index (χ4n) is 0.0833. The van der Waals surface area contributed by atoms with Crippen LogP contribution in [-0.2, 0) is 4.74 Å². The van der Waals surface area contributed by atoms with Crippen molar-refractivity contribution in [2.75, 3.05) is 13.7 Å². The molecule has 0 aromatic heterocycles. The van der Waals surface area contributed by atoms with Crippen LogP contribution >= 0.6 is 0 Å². The van der Waals surface area contributed by atoms with Crippen molar-refractivity contribution in [3.05, 3.63) is 0 Å². The van der Waals surface area contributed by atoms with Crippen LogP contribution in [0, 0.1) is 0 Å². The summed E-state index contributed by atoms with van der Waals surface area (Å²) in [6.45, 7) is 4.48. The Morgan fingerprint density at radius 1 is 1.57 bits per heavy atom. The maximum atomic E-state index is 5.29. The lowest BCUT2D eigenvalue weighted by molar-refractivity contribution is 0.0307. The van der Waals surface area contributed by atoms with E-state index >= 15 is 0 Å². The zero-order chi connectivity index (χ0) is 5.91. The van der Waals surface area contributed by atoms with Gasteiger partial charge in [-0.3, -0.25) is 0 Å². The van der Waals surface area contributed by atoms with Gasteiger partial charge < -0.3 is 10.5 Å². The highest BCUT2D eigenvalue weighted by molar-refractivity contribution is 4.66. The normalized spacial score (nSPS) is 12.0. The summed E-state index contributed by atoms with van der Waals surface area (Å²) in [5.41, 5.74) is 5.15. The molecule has 0 aliphatic rings. The molecule has 0 spiro atoms. The van der Waals surface area contributed by atoms with Crippen molar-refractivity contribution < 1.29 is 4.74 Å². The number of ether oxygens (including phenoxy) is 1. The molecule has 2 N–H and O–H groups in total. The maximum Gasteiger partial charge on any atom is 0.0744 e. The minimum Gasteiger partial charge on any atom is -0.378 e. The Kier molecular flexibility index (Phi) is 2.26. The summed E-state index contributed by atoms with van der Waals surface area (Å²) in [6.07, 6.45) is 0. The first kappa shape index (κ1) is 6.92. The van der Waals surface area contributed by atoms with E-state index in [0.29, 0.717) is 6.54 Å². The van der Waals surface area contributed by atoms with E-state index in [0.717, 1.165) is 0 Å². The lowest BCUT2D eigenvalue weighted by Gasteiger charge is -2.19. The van der Waals surface area contributed by atoms with Crippen molar-refractivity contribution in [3.8, 4) is 0 Å². The minimum absolute atomic E-state index is 0.139. The fraction of sp³-hybridized carbons (Fsp3) is 1.00. The van der Waals surface area contributed by atoms with Gasteiger partial charge >= 0.3 is 0 Å². The minimum atomic E-state index is -0.139. The van der Waals surface area contributed by atoms with Gasteiger partial charge in [0.05, 0.1) is 5.60 Å².